The van der Waals surface area contributed by atoms with Crippen LogP contribution in [0.4, 0.5) is 5.00 Å². The van der Waals surface area contributed by atoms with Crippen molar-refractivity contribution in [1.82, 2.24) is 5.32 Å². The number of nitrogens with one attached hydrogen (secondary N) is 2. The summed E-state index contributed by atoms with van der Waals surface area (Å²) in [6.45, 7) is 5.12. The molecule has 0 saturated carbocycles. The largest absolute Gasteiger partial charge is 0.462 e. The van der Waals surface area contributed by atoms with Crippen molar-refractivity contribution in [2.75, 3.05) is 30.5 Å². The van der Waals surface area contributed by atoms with Gasteiger partial charge in [-0.05, 0) is 56.4 Å². The van der Waals surface area contributed by atoms with Crippen molar-refractivity contribution in [3.05, 3.63) is 50.9 Å². The van der Waals surface area contributed by atoms with Gasteiger partial charge in [0.25, 0.3) is 11.8 Å². The highest BCUT2D eigenvalue weighted by Crippen LogP contribution is 2.34. The predicted octanol–water partition coefficient (Wildman–Crippen LogP) is 4.48. The Morgan fingerprint density at radius 1 is 1.14 bits per heavy atom. The molecule has 1 heterocycles. The topological polar surface area (TPSA) is 111 Å². The number of amides is 2. The molecule has 2 aromatic rings. The number of esters is 2. The van der Waals surface area contributed by atoms with Crippen molar-refractivity contribution in [1.29, 1.82) is 0 Å². The molecule has 0 aliphatic rings. The number of thioether (sulfide) groups is 1. The van der Waals surface area contributed by atoms with Gasteiger partial charge in [0.05, 0.1) is 22.8 Å². The fourth-order valence-corrected chi connectivity index (χ4v) is 5.12. The number of benzene rings is 1. The van der Waals surface area contributed by atoms with E-state index in [9.17, 15) is 19.2 Å². The fourth-order valence-electron chi connectivity index (χ4n) is 3.28. The van der Waals surface area contributed by atoms with Gasteiger partial charge < -0.3 is 20.1 Å². The van der Waals surface area contributed by atoms with Gasteiger partial charge in [0, 0.05) is 4.88 Å². The van der Waals surface area contributed by atoms with E-state index in [-0.39, 0.29) is 17.2 Å². The Hall–Kier alpha value is -2.56. The normalized spacial score (nSPS) is 11.5. The molecular formula is C24H29ClN2O6S2. The molecule has 11 heteroatoms. The molecule has 0 aliphatic heterocycles. The summed E-state index contributed by atoms with van der Waals surface area (Å²) in [6, 6.07) is 5.54. The Labute approximate surface area is 218 Å². The smallest absolute Gasteiger partial charge is 0.341 e. The number of thiophene rings is 1. The fraction of sp³-hybridized carbons (Fsp3) is 0.417. The number of anilines is 1. The van der Waals surface area contributed by atoms with Crippen molar-refractivity contribution in [3.63, 3.8) is 0 Å². The Bertz CT molecular complexity index is 1070. The third-order valence-corrected chi connectivity index (χ3v) is 7.00. The first kappa shape index (κ1) is 28.7. The quantitative estimate of drug-likeness (QED) is 0.382. The average Bonchev–Trinajstić information content (AvgIpc) is 3.14. The summed E-state index contributed by atoms with van der Waals surface area (Å²) in [5.41, 5.74) is 1.36. The van der Waals surface area contributed by atoms with Crippen LogP contribution >= 0.6 is 34.7 Å². The van der Waals surface area contributed by atoms with Gasteiger partial charge in [-0.15, -0.1) is 11.3 Å². The molecule has 0 fully saturated rings. The second-order valence-electron chi connectivity index (χ2n) is 7.36. The molecular weight excluding hydrogens is 512 g/mol. The van der Waals surface area contributed by atoms with Crippen LogP contribution in [0.25, 0.3) is 0 Å². The molecule has 0 radical (unpaired) electrons. The van der Waals surface area contributed by atoms with Gasteiger partial charge in [0.2, 0.25) is 0 Å². The zero-order chi connectivity index (χ0) is 26.0. The predicted molar refractivity (Wildman–Crippen MR) is 140 cm³/mol. The zero-order valence-corrected chi connectivity index (χ0v) is 22.5. The van der Waals surface area contributed by atoms with Gasteiger partial charge in [-0.2, -0.15) is 11.8 Å². The van der Waals surface area contributed by atoms with Crippen molar-refractivity contribution in [2.24, 2.45) is 0 Å². The number of aryl methyl sites for hydroxylation is 1. The summed E-state index contributed by atoms with van der Waals surface area (Å²) in [5, 5.41) is 5.90. The molecule has 1 atom stereocenters. The number of carbonyl (C=O) groups excluding carboxylic acids is 4. The maximum Gasteiger partial charge on any atom is 0.341 e. The number of halogens is 1. The molecule has 0 bridgehead atoms. The number of carbonyl (C=O) groups is 4. The van der Waals surface area contributed by atoms with Crippen LogP contribution in [-0.4, -0.2) is 55.0 Å². The zero-order valence-electron chi connectivity index (χ0n) is 20.1. The number of rotatable bonds is 12. The van der Waals surface area contributed by atoms with Crippen molar-refractivity contribution in [2.45, 2.75) is 39.7 Å². The van der Waals surface area contributed by atoms with E-state index in [1.807, 2.05) is 20.1 Å². The summed E-state index contributed by atoms with van der Waals surface area (Å²) in [6.07, 6.45) is 2.79. The first-order valence-corrected chi connectivity index (χ1v) is 13.6. The maximum absolute atomic E-state index is 12.7. The van der Waals surface area contributed by atoms with Crippen LogP contribution in [0.5, 0.6) is 0 Å². The molecule has 8 nitrogen and oxygen atoms in total. The summed E-state index contributed by atoms with van der Waals surface area (Å²) < 4.78 is 10.3. The van der Waals surface area contributed by atoms with E-state index in [1.165, 1.54) is 23.1 Å². The number of hydrogen-bond acceptors (Lipinski definition) is 8. The van der Waals surface area contributed by atoms with Gasteiger partial charge in [0.15, 0.2) is 6.61 Å². The minimum Gasteiger partial charge on any atom is -0.462 e. The van der Waals surface area contributed by atoms with Crippen LogP contribution < -0.4 is 10.6 Å². The monoisotopic (exact) mass is 540 g/mol. The van der Waals surface area contributed by atoms with E-state index in [0.717, 1.165) is 10.4 Å². The second kappa shape index (κ2) is 14.1. The number of hydrogen-bond donors (Lipinski definition) is 2. The Kier molecular flexibility index (Phi) is 11.6. The van der Waals surface area contributed by atoms with Crippen LogP contribution in [0.1, 0.15) is 51.4 Å². The van der Waals surface area contributed by atoms with E-state index in [4.69, 9.17) is 21.1 Å². The van der Waals surface area contributed by atoms with E-state index < -0.39 is 36.4 Å². The van der Waals surface area contributed by atoms with Crippen molar-refractivity contribution in [3.8, 4) is 0 Å². The minimum absolute atomic E-state index is 0.208. The minimum atomic E-state index is -0.954. The summed E-state index contributed by atoms with van der Waals surface area (Å²) in [4.78, 5) is 51.2. The number of ether oxygens (including phenoxy) is 2. The first-order chi connectivity index (χ1) is 16.7. The molecule has 1 aromatic carbocycles. The van der Waals surface area contributed by atoms with Gasteiger partial charge in [0.1, 0.15) is 11.0 Å². The first-order valence-electron chi connectivity index (χ1n) is 11.0. The molecule has 190 valence electrons. The summed E-state index contributed by atoms with van der Waals surface area (Å²) >= 11 is 8.85. The van der Waals surface area contributed by atoms with Crippen molar-refractivity contribution < 1.29 is 28.7 Å². The highest BCUT2D eigenvalue weighted by Gasteiger charge is 2.26. The van der Waals surface area contributed by atoms with Crippen LogP contribution in [0.2, 0.25) is 5.02 Å². The lowest BCUT2D eigenvalue weighted by Crippen LogP contribution is -2.43. The summed E-state index contributed by atoms with van der Waals surface area (Å²) in [5.74, 6) is -1.78. The highest BCUT2D eigenvalue weighted by atomic mass is 35.5. The maximum atomic E-state index is 12.7. The van der Waals surface area contributed by atoms with E-state index in [1.54, 1.807) is 31.2 Å². The van der Waals surface area contributed by atoms with Gasteiger partial charge in [-0.25, -0.2) is 9.59 Å². The standard InChI is InChI=1S/C24H29ClN2O6S2/c1-5-15-14(3)35-22(20(15)24(31)32-6-2)27-19(28)13-33-23(30)18(11-12-34-4)26-21(29)16-9-7-8-10-17(16)25/h7-10,18H,5-6,11-13H2,1-4H3,(H,26,29)(H,27,28)/t18-/m0/s1. The lowest BCUT2D eigenvalue weighted by molar-refractivity contribution is -0.149. The van der Waals surface area contributed by atoms with Crippen LogP contribution in [0.15, 0.2) is 24.3 Å². The third-order valence-electron chi connectivity index (χ3n) is 4.96. The van der Waals surface area contributed by atoms with Gasteiger partial charge >= 0.3 is 11.9 Å². The van der Waals surface area contributed by atoms with E-state index in [0.29, 0.717) is 29.2 Å². The molecule has 0 aliphatic carbocycles. The molecule has 35 heavy (non-hydrogen) atoms. The van der Waals surface area contributed by atoms with Crippen molar-refractivity contribution >= 4 is 63.5 Å². The lowest BCUT2D eigenvalue weighted by atomic mass is 10.1. The van der Waals surface area contributed by atoms with Crippen LogP contribution in [-0.2, 0) is 25.5 Å². The molecule has 0 spiro atoms. The van der Waals surface area contributed by atoms with E-state index >= 15 is 0 Å². The Balaban J connectivity index is 2.06. The highest BCUT2D eigenvalue weighted by molar-refractivity contribution is 7.98. The lowest BCUT2D eigenvalue weighted by Gasteiger charge is -2.17. The molecule has 0 unspecified atom stereocenters. The van der Waals surface area contributed by atoms with E-state index in [2.05, 4.69) is 10.6 Å². The molecule has 2 N–H and O–H groups in total. The van der Waals surface area contributed by atoms with Crippen LogP contribution in [0, 0.1) is 6.92 Å². The molecule has 2 rings (SSSR count). The van der Waals surface area contributed by atoms with Crippen LogP contribution in [0.3, 0.4) is 0 Å². The molecule has 2 amide bonds. The SMILES string of the molecule is CCOC(=O)c1c(NC(=O)COC(=O)[C@H](CCSC)NC(=O)c2ccccc2Cl)sc(C)c1CC. The second-order valence-corrected chi connectivity index (χ2v) is 9.98. The Morgan fingerprint density at radius 3 is 2.49 bits per heavy atom. The summed E-state index contributed by atoms with van der Waals surface area (Å²) in [7, 11) is 0. The van der Waals surface area contributed by atoms with Gasteiger partial charge in [-0.1, -0.05) is 30.7 Å². The Morgan fingerprint density at radius 2 is 1.86 bits per heavy atom. The third kappa shape index (κ3) is 7.98. The average molecular weight is 541 g/mol. The molecule has 1 aromatic heterocycles. The molecule has 0 saturated heterocycles. The van der Waals surface area contributed by atoms with Gasteiger partial charge in [-0.3, -0.25) is 9.59 Å².